The van der Waals surface area contributed by atoms with Crippen molar-refractivity contribution >= 4 is 29.9 Å². The maximum Gasteiger partial charge on any atom is 0.234 e. The van der Waals surface area contributed by atoms with Crippen LogP contribution in [0.5, 0.6) is 0 Å². The third-order valence-electron chi connectivity index (χ3n) is 2.33. The summed E-state index contributed by atoms with van der Waals surface area (Å²) in [5.74, 6) is -0.00525. The third kappa shape index (κ3) is 5.39. The highest BCUT2D eigenvalue weighted by Crippen LogP contribution is 2.19. The molecule has 0 bridgehead atoms. The summed E-state index contributed by atoms with van der Waals surface area (Å²) in [4.78, 5) is 11.5. The van der Waals surface area contributed by atoms with Crippen LogP contribution in [0.15, 0.2) is 24.3 Å². The molecule has 0 aliphatic heterocycles. The molecule has 1 aromatic rings. The Hall–Kier alpha value is -0.770. The van der Waals surface area contributed by atoms with Gasteiger partial charge in [-0.25, -0.2) is 0 Å². The molecule has 1 unspecified atom stereocenters. The van der Waals surface area contributed by atoms with Crippen LogP contribution in [-0.2, 0) is 4.79 Å². The summed E-state index contributed by atoms with van der Waals surface area (Å²) in [5, 5.41) is 6.47. The van der Waals surface area contributed by atoms with Gasteiger partial charge in [0.1, 0.15) is 0 Å². The average Bonchev–Trinajstić information content (AvgIpc) is 2.26. The van der Waals surface area contributed by atoms with E-state index in [0.717, 1.165) is 12.0 Å². The second-order valence-electron chi connectivity index (χ2n) is 3.61. The Bertz CT molecular complexity index is 358. The second kappa shape index (κ2) is 8.34. The van der Waals surface area contributed by atoms with Gasteiger partial charge in [-0.05, 0) is 31.2 Å². The summed E-state index contributed by atoms with van der Waals surface area (Å²) in [6.07, 6.45) is 0.843. The summed E-state index contributed by atoms with van der Waals surface area (Å²) in [5.41, 5.74) is 1.04. The van der Waals surface area contributed by atoms with Crippen molar-refractivity contribution < 1.29 is 4.79 Å². The zero-order valence-electron chi connectivity index (χ0n) is 10.00. The molecule has 17 heavy (non-hydrogen) atoms. The van der Waals surface area contributed by atoms with Gasteiger partial charge in [-0.2, -0.15) is 0 Å². The third-order valence-corrected chi connectivity index (χ3v) is 2.57. The van der Waals surface area contributed by atoms with E-state index < -0.39 is 0 Å². The van der Waals surface area contributed by atoms with Crippen molar-refractivity contribution in [2.75, 3.05) is 13.6 Å². The number of hydrogen-bond donors (Lipinski definition) is 2. The Labute approximate surface area is 113 Å². The first-order valence-corrected chi connectivity index (χ1v) is 5.74. The van der Waals surface area contributed by atoms with Gasteiger partial charge in [-0.15, -0.1) is 12.4 Å². The minimum atomic E-state index is -0.00525. The van der Waals surface area contributed by atoms with Crippen molar-refractivity contribution in [3.8, 4) is 0 Å². The number of nitrogens with one attached hydrogen (secondary N) is 2. The maximum atomic E-state index is 11.5. The molecule has 1 aromatic carbocycles. The lowest BCUT2D eigenvalue weighted by atomic mass is 10.0. The number of amides is 1. The standard InChI is InChI=1S/C12H17ClN2O.ClH/c1-3-11(15-12(16)8-14-2)9-5-4-6-10(13)7-9;/h4-7,11,14H,3,8H2,1-2H3,(H,15,16);1H. The van der Waals surface area contributed by atoms with Crippen LogP contribution >= 0.6 is 24.0 Å². The summed E-state index contributed by atoms with van der Waals surface area (Å²) < 4.78 is 0. The van der Waals surface area contributed by atoms with Gasteiger partial charge < -0.3 is 10.6 Å². The van der Waals surface area contributed by atoms with Crippen LogP contribution in [0.25, 0.3) is 0 Å². The lowest BCUT2D eigenvalue weighted by Crippen LogP contribution is -2.34. The fourth-order valence-electron chi connectivity index (χ4n) is 1.55. The molecule has 2 N–H and O–H groups in total. The molecular formula is C12H18Cl2N2O. The first-order chi connectivity index (χ1) is 7.67. The molecule has 0 radical (unpaired) electrons. The van der Waals surface area contributed by atoms with Gasteiger partial charge in [0.05, 0.1) is 12.6 Å². The smallest absolute Gasteiger partial charge is 0.234 e. The van der Waals surface area contributed by atoms with Gasteiger partial charge in [0, 0.05) is 5.02 Å². The molecule has 0 saturated carbocycles. The molecule has 0 aliphatic carbocycles. The van der Waals surface area contributed by atoms with Gasteiger partial charge in [0.2, 0.25) is 5.91 Å². The van der Waals surface area contributed by atoms with E-state index in [9.17, 15) is 4.79 Å². The minimum Gasteiger partial charge on any atom is -0.348 e. The van der Waals surface area contributed by atoms with Gasteiger partial charge in [0.15, 0.2) is 0 Å². The molecule has 1 amide bonds. The van der Waals surface area contributed by atoms with Crippen LogP contribution in [0, 0.1) is 0 Å². The van der Waals surface area contributed by atoms with E-state index in [1.807, 2.05) is 31.2 Å². The van der Waals surface area contributed by atoms with Crippen molar-refractivity contribution in [1.82, 2.24) is 10.6 Å². The van der Waals surface area contributed by atoms with Crippen molar-refractivity contribution in [3.05, 3.63) is 34.9 Å². The fourth-order valence-corrected chi connectivity index (χ4v) is 1.75. The fraction of sp³-hybridized carbons (Fsp3) is 0.417. The lowest BCUT2D eigenvalue weighted by Gasteiger charge is -2.17. The van der Waals surface area contributed by atoms with Crippen LogP contribution < -0.4 is 10.6 Å². The van der Waals surface area contributed by atoms with Crippen molar-refractivity contribution in [1.29, 1.82) is 0 Å². The van der Waals surface area contributed by atoms with E-state index in [4.69, 9.17) is 11.6 Å². The Morgan fingerprint density at radius 3 is 2.71 bits per heavy atom. The SMILES string of the molecule is CCC(NC(=O)CNC)c1cccc(Cl)c1.Cl. The number of benzene rings is 1. The minimum absolute atomic E-state index is 0. The molecule has 5 heteroatoms. The van der Waals surface area contributed by atoms with E-state index in [-0.39, 0.29) is 24.4 Å². The van der Waals surface area contributed by atoms with Gasteiger partial charge in [0.25, 0.3) is 0 Å². The number of carbonyl (C=O) groups is 1. The molecular weight excluding hydrogens is 259 g/mol. The number of hydrogen-bond acceptors (Lipinski definition) is 2. The van der Waals surface area contributed by atoms with E-state index in [0.29, 0.717) is 11.6 Å². The first kappa shape index (κ1) is 16.2. The highest BCUT2D eigenvalue weighted by atomic mass is 35.5. The predicted molar refractivity (Wildman–Crippen MR) is 73.8 cm³/mol. The van der Waals surface area contributed by atoms with Crippen LogP contribution in [0.2, 0.25) is 5.02 Å². The molecule has 1 rings (SSSR count). The van der Waals surface area contributed by atoms with Gasteiger partial charge in [-0.1, -0.05) is 30.7 Å². The molecule has 0 spiro atoms. The molecule has 3 nitrogen and oxygen atoms in total. The van der Waals surface area contributed by atoms with E-state index in [1.165, 1.54) is 0 Å². The van der Waals surface area contributed by atoms with Gasteiger partial charge in [-0.3, -0.25) is 4.79 Å². The van der Waals surface area contributed by atoms with Crippen molar-refractivity contribution in [3.63, 3.8) is 0 Å². The number of likely N-dealkylation sites (N-methyl/N-ethyl adjacent to an activating group) is 1. The number of rotatable bonds is 5. The monoisotopic (exact) mass is 276 g/mol. The Kier molecular flexibility index (Phi) is 7.96. The van der Waals surface area contributed by atoms with Crippen molar-refractivity contribution in [2.24, 2.45) is 0 Å². The van der Waals surface area contributed by atoms with E-state index >= 15 is 0 Å². The molecule has 0 heterocycles. The highest BCUT2D eigenvalue weighted by Gasteiger charge is 2.11. The lowest BCUT2D eigenvalue weighted by molar-refractivity contribution is -0.120. The summed E-state index contributed by atoms with van der Waals surface area (Å²) in [6, 6.07) is 7.60. The van der Waals surface area contributed by atoms with Crippen LogP contribution in [0.1, 0.15) is 24.9 Å². The molecule has 1 atom stereocenters. The van der Waals surface area contributed by atoms with Crippen molar-refractivity contribution in [2.45, 2.75) is 19.4 Å². The van der Waals surface area contributed by atoms with Crippen LogP contribution in [-0.4, -0.2) is 19.5 Å². The molecule has 0 saturated heterocycles. The molecule has 0 fully saturated rings. The normalized spacial score (nSPS) is 11.5. The number of carbonyl (C=O) groups excluding carboxylic acids is 1. The summed E-state index contributed by atoms with van der Waals surface area (Å²) >= 11 is 5.92. The topological polar surface area (TPSA) is 41.1 Å². The molecule has 0 aliphatic rings. The Balaban J connectivity index is 0.00000256. The average molecular weight is 277 g/mol. The van der Waals surface area contributed by atoms with E-state index in [1.54, 1.807) is 7.05 Å². The summed E-state index contributed by atoms with van der Waals surface area (Å²) in [6.45, 7) is 2.36. The highest BCUT2D eigenvalue weighted by molar-refractivity contribution is 6.30. The Morgan fingerprint density at radius 2 is 2.18 bits per heavy atom. The zero-order valence-corrected chi connectivity index (χ0v) is 11.6. The Morgan fingerprint density at radius 1 is 1.47 bits per heavy atom. The first-order valence-electron chi connectivity index (χ1n) is 5.36. The zero-order chi connectivity index (χ0) is 12.0. The number of halogens is 2. The molecule has 96 valence electrons. The maximum absolute atomic E-state index is 11.5. The van der Waals surface area contributed by atoms with E-state index in [2.05, 4.69) is 10.6 Å². The summed E-state index contributed by atoms with van der Waals surface area (Å²) in [7, 11) is 1.75. The van der Waals surface area contributed by atoms with Crippen LogP contribution in [0.4, 0.5) is 0 Å². The van der Waals surface area contributed by atoms with Gasteiger partial charge >= 0.3 is 0 Å². The predicted octanol–water partition coefficient (Wildman–Crippen LogP) is 2.55. The largest absolute Gasteiger partial charge is 0.348 e. The second-order valence-corrected chi connectivity index (χ2v) is 4.05. The molecule has 0 aromatic heterocycles. The quantitative estimate of drug-likeness (QED) is 0.868. The van der Waals surface area contributed by atoms with Crippen LogP contribution in [0.3, 0.4) is 0 Å².